The first-order valence-corrected chi connectivity index (χ1v) is 7.87. The summed E-state index contributed by atoms with van der Waals surface area (Å²) in [5, 5.41) is 0. The second kappa shape index (κ2) is 7.53. The van der Waals surface area contributed by atoms with Gasteiger partial charge >= 0.3 is 0 Å². The van der Waals surface area contributed by atoms with Gasteiger partial charge in [-0.3, -0.25) is 4.90 Å². The monoisotopic (exact) mass is 276 g/mol. The predicted octanol–water partition coefficient (Wildman–Crippen LogP) is 3.68. The molecule has 1 heterocycles. The molecule has 20 heavy (non-hydrogen) atoms. The molecule has 3 heteroatoms. The summed E-state index contributed by atoms with van der Waals surface area (Å²) in [4.78, 5) is 2.56. The average Bonchev–Trinajstić information content (AvgIpc) is 2.67. The summed E-state index contributed by atoms with van der Waals surface area (Å²) in [6.45, 7) is 5.68. The third-order valence-corrected chi connectivity index (χ3v) is 4.34. The van der Waals surface area contributed by atoms with E-state index in [1.54, 1.807) is 7.11 Å². The second-order valence-corrected chi connectivity index (χ2v) is 5.93. The van der Waals surface area contributed by atoms with Crippen LogP contribution in [0, 0.1) is 5.92 Å². The number of nitrogens with zero attached hydrogens (tertiary/aromatic N) is 1. The van der Waals surface area contributed by atoms with E-state index < -0.39 is 0 Å². The van der Waals surface area contributed by atoms with Gasteiger partial charge in [-0.15, -0.1) is 0 Å². The van der Waals surface area contributed by atoms with Crippen LogP contribution in [-0.2, 0) is 6.54 Å². The molecule has 2 N–H and O–H groups in total. The van der Waals surface area contributed by atoms with Crippen molar-refractivity contribution in [3.05, 3.63) is 23.8 Å². The molecular formula is C17H28N2O. The predicted molar refractivity (Wildman–Crippen MR) is 84.9 cm³/mol. The van der Waals surface area contributed by atoms with Crippen LogP contribution in [0.4, 0.5) is 5.69 Å². The SMILES string of the molecule is CCCC1CCCN(Cc2ccc(N)cc2OC)CC1. The van der Waals surface area contributed by atoms with Crippen LogP contribution < -0.4 is 10.5 Å². The Morgan fingerprint density at radius 2 is 2.15 bits per heavy atom. The number of likely N-dealkylation sites (tertiary alicyclic amines) is 1. The second-order valence-electron chi connectivity index (χ2n) is 5.93. The Morgan fingerprint density at radius 3 is 2.90 bits per heavy atom. The van der Waals surface area contributed by atoms with Crippen LogP contribution in [0.15, 0.2) is 18.2 Å². The highest BCUT2D eigenvalue weighted by Gasteiger charge is 2.17. The zero-order valence-corrected chi connectivity index (χ0v) is 12.9. The minimum atomic E-state index is 0.768. The molecule has 1 aliphatic heterocycles. The maximum absolute atomic E-state index is 5.82. The first kappa shape index (κ1) is 15.2. The normalized spacial score (nSPS) is 20.6. The van der Waals surface area contributed by atoms with Crippen LogP contribution in [0.3, 0.4) is 0 Å². The zero-order valence-electron chi connectivity index (χ0n) is 12.9. The Labute approximate surface area is 123 Å². The molecule has 1 aliphatic rings. The van der Waals surface area contributed by atoms with E-state index in [-0.39, 0.29) is 0 Å². The van der Waals surface area contributed by atoms with Crippen molar-refractivity contribution in [3.8, 4) is 5.75 Å². The van der Waals surface area contributed by atoms with Gasteiger partial charge in [-0.05, 0) is 44.3 Å². The quantitative estimate of drug-likeness (QED) is 0.834. The lowest BCUT2D eigenvalue weighted by atomic mass is 9.96. The Hall–Kier alpha value is -1.22. The van der Waals surface area contributed by atoms with Crippen LogP contribution in [0.1, 0.15) is 44.6 Å². The van der Waals surface area contributed by atoms with Gasteiger partial charge in [0.05, 0.1) is 7.11 Å². The number of benzene rings is 1. The lowest BCUT2D eigenvalue weighted by molar-refractivity contribution is 0.266. The lowest BCUT2D eigenvalue weighted by Gasteiger charge is -2.21. The fourth-order valence-electron chi connectivity index (χ4n) is 3.21. The van der Waals surface area contributed by atoms with E-state index in [9.17, 15) is 0 Å². The highest BCUT2D eigenvalue weighted by Crippen LogP contribution is 2.26. The van der Waals surface area contributed by atoms with E-state index >= 15 is 0 Å². The van der Waals surface area contributed by atoms with Crippen molar-refractivity contribution in [1.82, 2.24) is 4.90 Å². The Morgan fingerprint density at radius 1 is 1.30 bits per heavy atom. The minimum Gasteiger partial charge on any atom is -0.496 e. The molecule has 1 saturated heterocycles. The standard InChI is InChI=1S/C17H28N2O/c1-3-5-14-6-4-10-19(11-9-14)13-15-7-8-16(18)12-17(15)20-2/h7-8,12,14H,3-6,9-11,13,18H2,1-2H3. The smallest absolute Gasteiger partial charge is 0.125 e. The van der Waals surface area contributed by atoms with E-state index in [0.717, 1.165) is 23.9 Å². The summed E-state index contributed by atoms with van der Waals surface area (Å²) in [7, 11) is 1.72. The van der Waals surface area contributed by atoms with E-state index in [1.807, 2.05) is 12.1 Å². The molecule has 0 aliphatic carbocycles. The van der Waals surface area contributed by atoms with E-state index in [4.69, 9.17) is 10.5 Å². The molecule has 112 valence electrons. The van der Waals surface area contributed by atoms with Gasteiger partial charge in [-0.25, -0.2) is 0 Å². The first-order valence-electron chi connectivity index (χ1n) is 7.87. The van der Waals surface area contributed by atoms with Crippen LogP contribution in [0.5, 0.6) is 5.75 Å². The summed E-state index contributed by atoms with van der Waals surface area (Å²) >= 11 is 0. The number of hydrogen-bond donors (Lipinski definition) is 1. The van der Waals surface area contributed by atoms with Crippen LogP contribution >= 0.6 is 0 Å². The molecule has 0 saturated carbocycles. The van der Waals surface area contributed by atoms with Crippen LogP contribution in [0.2, 0.25) is 0 Å². The molecule has 2 rings (SSSR count). The number of ether oxygens (including phenoxy) is 1. The number of methoxy groups -OCH3 is 1. The van der Waals surface area contributed by atoms with Crippen molar-refractivity contribution in [2.45, 2.75) is 45.6 Å². The van der Waals surface area contributed by atoms with Gasteiger partial charge in [0.2, 0.25) is 0 Å². The lowest BCUT2D eigenvalue weighted by Crippen LogP contribution is -2.24. The zero-order chi connectivity index (χ0) is 14.4. The maximum Gasteiger partial charge on any atom is 0.125 e. The van der Waals surface area contributed by atoms with Gasteiger partial charge in [0, 0.05) is 23.9 Å². The van der Waals surface area contributed by atoms with Gasteiger partial charge in [0.25, 0.3) is 0 Å². The number of nitrogen functional groups attached to an aromatic ring is 1. The fourth-order valence-corrected chi connectivity index (χ4v) is 3.21. The molecule has 0 radical (unpaired) electrons. The number of nitrogens with two attached hydrogens (primary N) is 1. The number of anilines is 1. The van der Waals surface area contributed by atoms with Crippen molar-refractivity contribution in [2.75, 3.05) is 25.9 Å². The van der Waals surface area contributed by atoms with Gasteiger partial charge in [0.1, 0.15) is 5.75 Å². The van der Waals surface area contributed by atoms with E-state index in [1.165, 1.54) is 50.8 Å². The highest BCUT2D eigenvalue weighted by atomic mass is 16.5. The van der Waals surface area contributed by atoms with Crippen molar-refractivity contribution in [3.63, 3.8) is 0 Å². The van der Waals surface area contributed by atoms with E-state index in [0.29, 0.717) is 0 Å². The number of rotatable bonds is 5. The van der Waals surface area contributed by atoms with Crippen molar-refractivity contribution < 1.29 is 4.74 Å². The van der Waals surface area contributed by atoms with Gasteiger partial charge in [-0.1, -0.05) is 25.8 Å². The van der Waals surface area contributed by atoms with Crippen LogP contribution in [-0.4, -0.2) is 25.1 Å². The third-order valence-electron chi connectivity index (χ3n) is 4.34. The molecule has 0 bridgehead atoms. The molecule has 1 aromatic carbocycles. The van der Waals surface area contributed by atoms with Crippen molar-refractivity contribution >= 4 is 5.69 Å². The first-order chi connectivity index (χ1) is 9.72. The molecule has 1 atom stereocenters. The Bertz CT molecular complexity index is 419. The van der Waals surface area contributed by atoms with Crippen molar-refractivity contribution in [2.24, 2.45) is 5.92 Å². The summed E-state index contributed by atoms with van der Waals surface area (Å²) in [6, 6.07) is 5.99. The molecule has 0 spiro atoms. The minimum absolute atomic E-state index is 0.768. The molecule has 3 nitrogen and oxygen atoms in total. The molecule has 1 aromatic rings. The molecule has 1 unspecified atom stereocenters. The Kier molecular flexibility index (Phi) is 5.72. The largest absolute Gasteiger partial charge is 0.496 e. The maximum atomic E-state index is 5.82. The topological polar surface area (TPSA) is 38.5 Å². The Balaban J connectivity index is 1.96. The summed E-state index contributed by atoms with van der Waals surface area (Å²) in [5.74, 6) is 1.85. The van der Waals surface area contributed by atoms with Gasteiger partial charge in [-0.2, -0.15) is 0 Å². The van der Waals surface area contributed by atoms with Gasteiger partial charge < -0.3 is 10.5 Å². The molecule has 0 amide bonds. The molecule has 0 aromatic heterocycles. The molecule has 1 fully saturated rings. The summed E-state index contributed by atoms with van der Waals surface area (Å²) in [6.07, 6.45) is 6.76. The van der Waals surface area contributed by atoms with Gasteiger partial charge in [0.15, 0.2) is 0 Å². The van der Waals surface area contributed by atoms with E-state index in [2.05, 4.69) is 17.9 Å². The average molecular weight is 276 g/mol. The van der Waals surface area contributed by atoms with Crippen LogP contribution in [0.25, 0.3) is 0 Å². The van der Waals surface area contributed by atoms with Crippen molar-refractivity contribution in [1.29, 1.82) is 0 Å². The highest BCUT2D eigenvalue weighted by molar-refractivity contribution is 5.48. The summed E-state index contributed by atoms with van der Waals surface area (Å²) < 4.78 is 5.45. The summed E-state index contributed by atoms with van der Waals surface area (Å²) in [5.41, 5.74) is 7.83. The fraction of sp³-hybridized carbons (Fsp3) is 0.647. The molecular weight excluding hydrogens is 248 g/mol. The number of hydrogen-bond acceptors (Lipinski definition) is 3. The third kappa shape index (κ3) is 4.14.